The quantitative estimate of drug-likeness (QED) is 0.308. The highest BCUT2D eigenvalue weighted by Crippen LogP contribution is 2.38. The van der Waals surface area contributed by atoms with Crippen molar-refractivity contribution in [1.29, 1.82) is 0 Å². The van der Waals surface area contributed by atoms with Crippen LogP contribution in [0.3, 0.4) is 0 Å². The second kappa shape index (κ2) is 8.31. The van der Waals surface area contributed by atoms with Crippen LogP contribution in [0.5, 0.6) is 0 Å². The van der Waals surface area contributed by atoms with E-state index in [1.165, 1.54) is 42.4 Å². The van der Waals surface area contributed by atoms with Gasteiger partial charge in [0.25, 0.3) is 5.69 Å². The number of hydrogen-bond acceptors (Lipinski definition) is 7. The maximum atomic E-state index is 11.2. The fourth-order valence-electron chi connectivity index (χ4n) is 4.01. The molecule has 3 heterocycles. The van der Waals surface area contributed by atoms with Gasteiger partial charge in [0.05, 0.1) is 10.3 Å². The number of thiophene rings is 1. The Balaban J connectivity index is 1.47. The minimum absolute atomic E-state index is 0.0662. The van der Waals surface area contributed by atoms with Gasteiger partial charge in [0.15, 0.2) is 0 Å². The van der Waals surface area contributed by atoms with E-state index in [-0.39, 0.29) is 10.6 Å². The summed E-state index contributed by atoms with van der Waals surface area (Å²) in [5.74, 6) is 0.693. The van der Waals surface area contributed by atoms with Crippen LogP contribution >= 0.6 is 11.3 Å². The van der Waals surface area contributed by atoms with Crippen LogP contribution in [0.25, 0.3) is 21.3 Å². The van der Waals surface area contributed by atoms with Gasteiger partial charge >= 0.3 is 0 Å². The molecule has 7 nitrogen and oxygen atoms in total. The van der Waals surface area contributed by atoms with E-state index < -0.39 is 0 Å². The van der Waals surface area contributed by atoms with Crippen LogP contribution in [0.1, 0.15) is 19.3 Å². The van der Waals surface area contributed by atoms with Gasteiger partial charge in [0, 0.05) is 47.5 Å². The SMILES string of the molecule is O=[N+]([O-])c1cccc(-c2csc3ncnc(Nc4ccc(N5CCCCC5)cc4)c23)c1. The average molecular weight is 432 g/mol. The molecule has 0 radical (unpaired) electrons. The first-order valence-electron chi connectivity index (χ1n) is 10.3. The molecule has 0 amide bonds. The number of non-ortho nitro benzene ring substituents is 1. The van der Waals surface area contributed by atoms with Gasteiger partial charge in [-0.3, -0.25) is 10.1 Å². The van der Waals surface area contributed by atoms with Crippen LogP contribution in [0.4, 0.5) is 22.9 Å². The largest absolute Gasteiger partial charge is 0.372 e. The number of piperidine rings is 1. The van der Waals surface area contributed by atoms with Crippen molar-refractivity contribution in [1.82, 2.24) is 9.97 Å². The van der Waals surface area contributed by atoms with Gasteiger partial charge in [0.2, 0.25) is 0 Å². The summed E-state index contributed by atoms with van der Waals surface area (Å²) >= 11 is 1.50. The number of nitrogens with one attached hydrogen (secondary N) is 1. The lowest BCUT2D eigenvalue weighted by Gasteiger charge is -2.28. The van der Waals surface area contributed by atoms with Gasteiger partial charge in [-0.15, -0.1) is 11.3 Å². The molecule has 4 aromatic rings. The molecule has 5 rings (SSSR count). The van der Waals surface area contributed by atoms with E-state index in [1.54, 1.807) is 18.5 Å². The molecule has 0 atom stereocenters. The molecule has 0 saturated carbocycles. The summed E-state index contributed by atoms with van der Waals surface area (Å²) in [5.41, 5.74) is 3.91. The number of fused-ring (bicyclic) bond motifs is 1. The molecule has 1 N–H and O–H groups in total. The van der Waals surface area contributed by atoms with Crippen LogP contribution in [-0.2, 0) is 0 Å². The number of nitro groups is 1. The molecule has 1 fully saturated rings. The third kappa shape index (κ3) is 3.94. The Morgan fingerprint density at radius 2 is 1.84 bits per heavy atom. The number of aromatic nitrogens is 2. The topological polar surface area (TPSA) is 84.2 Å². The van der Waals surface area contributed by atoms with Gasteiger partial charge < -0.3 is 10.2 Å². The first-order valence-corrected chi connectivity index (χ1v) is 11.2. The van der Waals surface area contributed by atoms with E-state index in [0.717, 1.165) is 40.1 Å². The van der Waals surface area contributed by atoms with Crippen molar-refractivity contribution in [3.05, 3.63) is 70.4 Å². The van der Waals surface area contributed by atoms with Gasteiger partial charge in [-0.1, -0.05) is 12.1 Å². The summed E-state index contributed by atoms with van der Waals surface area (Å²) in [6.07, 6.45) is 5.35. The average Bonchev–Trinajstić information content (AvgIpc) is 3.26. The fraction of sp³-hybridized carbons (Fsp3) is 0.217. The summed E-state index contributed by atoms with van der Waals surface area (Å²) in [7, 11) is 0. The molecule has 8 heteroatoms. The number of rotatable bonds is 5. The molecule has 1 aliphatic rings. The van der Waals surface area contributed by atoms with Crippen molar-refractivity contribution in [3.8, 4) is 11.1 Å². The van der Waals surface area contributed by atoms with E-state index in [2.05, 4.69) is 44.5 Å². The fourth-order valence-corrected chi connectivity index (χ4v) is 4.93. The Morgan fingerprint density at radius 3 is 2.61 bits per heavy atom. The van der Waals surface area contributed by atoms with E-state index >= 15 is 0 Å². The summed E-state index contributed by atoms with van der Waals surface area (Å²) < 4.78 is 0. The van der Waals surface area contributed by atoms with Gasteiger partial charge in [0.1, 0.15) is 17.0 Å². The maximum absolute atomic E-state index is 11.2. The van der Waals surface area contributed by atoms with E-state index in [4.69, 9.17) is 0 Å². The Kier molecular flexibility index (Phi) is 5.21. The van der Waals surface area contributed by atoms with E-state index in [0.29, 0.717) is 5.82 Å². The molecule has 0 unspecified atom stereocenters. The minimum atomic E-state index is -0.377. The smallest absolute Gasteiger partial charge is 0.270 e. The molecule has 0 spiro atoms. The predicted molar refractivity (Wildman–Crippen MR) is 125 cm³/mol. The highest BCUT2D eigenvalue weighted by Gasteiger charge is 2.16. The number of anilines is 3. The zero-order valence-electron chi connectivity index (χ0n) is 16.8. The van der Waals surface area contributed by atoms with Crippen molar-refractivity contribution < 1.29 is 4.92 Å². The summed E-state index contributed by atoms with van der Waals surface area (Å²) in [6, 6.07) is 15.1. The highest BCUT2D eigenvalue weighted by atomic mass is 32.1. The maximum Gasteiger partial charge on any atom is 0.270 e. The Hall–Kier alpha value is -3.52. The lowest BCUT2D eigenvalue weighted by Crippen LogP contribution is -2.29. The zero-order valence-corrected chi connectivity index (χ0v) is 17.6. The highest BCUT2D eigenvalue weighted by molar-refractivity contribution is 7.17. The number of benzene rings is 2. The van der Waals surface area contributed by atoms with Crippen molar-refractivity contribution in [2.75, 3.05) is 23.3 Å². The Bertz CT molecular complexity index is 1230. The molecule has 0 bridgehead atoms. The number of nitrogens with zero attached hydrogens (tertiary/aromatic N) is 4. The standard InChI is InChI=1S/C23H21N5O2S/c29-28(30)19-6-4-5-16(13-19)20-14-31-23-21(20)22(24-15-25-23)26-17-7-9-18(10-8-17)27-11-2-1-3-12-27/h4-10,13-15H,1-3,11-12H2,(H,24,25,26). The van der Waals surface area contributed by atoms with E-state index in [9.17, 15) is 10.1 Å². The Morgan fingerprint density at radius 1 is 1.03 bits per heavy atom. The lowest BCUT2D eigenvalue weighted by atomic mass is 10.1. The number of hydrogen-bond donors (Lipinski definition) is 1. The lowest BCUT2D eigenvalue weighted by molar-refractivity contribution is -0.384. The van der Waals surface area contributed by atoms with Crippen molar-refractivity contribution in [3.63, 3.8) is 0 Å². The molecule has 31 heavy (non-hydrogen) atoms. The van der Waals surface area contributed by atoms with Crippen LogP contribution in [0.15, 0.2) is 60.2 Å². The molecule has 1 saturated heterocycles. The molecular weight excluding hydrogens is 410 g/mol. The Labute approximate surface area is 183 Å². The molecule has 1 aliphatic heterocycles. The summed E-state index contributed by atoms with van der Waals surface area (Å²) in [6.45, 7) is 2.22. The molecule has 0 aliphatic carbocycles. The van der Waals surface area contributed by atoms with Crippen molar-refractivity contribution in [2.24, 2.45) is 0 Å². The molecule has 2 aromatic carbocycles. The van der Waals surface area contributed by atoms with Crippen LogP contribution in [0, 0.1) is 10.1 Å². The summed E-state index contributed by atoms with van der Waals surface area (Å²) in [5, 5.41) is 17.5. The number of nitro benzene ring substituents is 1. The van der Waals surface area contributed by atoms with Gasteiger partial charge in [-0.2, -0.15) is 0 Å². The second-order valence-electron chi connectivity index (χ2n) is 7.58. The second-order valence-corrected chi connectivity index (χ2v) is 8.44. The molecule has 2 aromatic heterocycles. The first-order chi connectivity index (χ1) is 15.2. The van der Waals surface area contributed by atoms with Crippen molar-refractivity contribution >= 4 is 44.4 Å². The molecule has 156 valence electrons. The first kappa shape index (κ1) is 19.4. The predicted octanol–water partition coefficient (Wildman–Crippen LogP) is 6.00. The van der Waals surface area contributed by atoms with E-state index in [1.807, 2.05) is 11.4 Å². The zero-order chi connectivity index (χ0) is 21.2. The normalized spacial score (nSPS) is 14.0. The summed E-state index contributed by atoms with van der Waals surface area (Å²) in [4.78, 5) is 22.9. The van der Waals surface area contributed by atoms with Crippen LogP contribution in [-0.4, -0.2) is 28.0 Å². The monoisotopic (exact) mass is 431 g/mol. The third-order valence-corrected chi connectivity index (χ3v) is 6.48. The van der Waals surface area contributed by atoms with Crippen LogP contribution < -0.4 is 10.2 Å². The van der Waals surface area contributed by atoms with Gasteiger partial charge in [-0.25, -0.2) is 9.97 Å². The van der Waals surface area contributed by atoms with Crippen LogP contribution in [0.2, 0.25) is 0 Å². The van der Waals surface area contributed by atoms with Gasteiger partial charge in [-0.05, 0) is 49.1 Å². The third-order valence-electron chi connectivity index (χ3n) is 5.59. The van der Waals surface area contributed by atoms with Crippen molar-refractivity contribution in [2.45, 2.75) is 19.3 Å². The molecular formula is C23H21N5O2S. The minimum Gasteiger partial charge on any atom is -0.372 e.